The molecule has 124 valence electrons. The minimum absolute atomic E-state index is 0.178. The van der Waals surface area contributed by atoms with Gasteiger partial charge in [0, 0.05) is 32.2 Å². The summed E-state index contributed by atoms with van der Waals surface area (Å²) in [5, 5.41) is 4.33. The molecule has 3 aromatic rings. The minimum Gasteiger partial charge on any atom is -0.497 e. The maximum atomic E-state index is 5.37. The van der Waals surface area contributed by atoms with Gasteiger partial charge in [0.15, 0.2) is 0 Å². The van der Waals surface area contributed by atoms with Crippen molar-refractivity contribution in [1.29, 1.82) is 0 Å². The molecule has 1 aromatic carbocycles. The van der Waals surface area contributed by atoms with Gasteiger partial charge in [-0.3, -0.25) is 9.67 Å². The number of methoxy groups -OCH3 is 1. The summed E-state index contributed by atoms with van der Waals surface area (Å²) in [6, 6.07) is 12.5. The van der Waals surface area contributed by atoms with Crippen molar-refractivity contribution in [3.8, 4) is 5.75 Å². The molecule has 0 aliphatic heterocycles. The third kappa shape index (κ3) is 3.56. The molecule has 0 unspecified atom stereocenters. The zero-order valence-electron chi connectivity index (χ0n) is 14.3. The highest BCUT2D eigenvalue weighted by Crippen LogP contribution is 2.30. The van der Waals surface area contributed by atoms with Crippen molar-refractivity contribution in [1.82, 2.24) is 14.8 Å². The van der Waals surface area contributed by atoms with Gasteiger partial charge >= 0.3 is 0 Å². The average Bonchev–Trinajstić information content (AvgIpc) is 3.06. The molecule has 0 saturated carbocycles. The molecule has 0 spiro atoms. The first-order chi connectivity index (χ1) is 11.7. The van der Waals surface area contributed by atoms with Gasteiger partial charge < -0.3 is 9.64 Å². The van der Waals surface area contributed by atoms with Crippen LogP contribution in [0.1, 0.15) is 24.1 Å². The van der Waals surface area contributed by atoms with Crippen molar-refractivity contribution < 1.29 is 4.74 Å². The van der Waals surface area contributed by atoms with E-state index in [-0.39, 0.29) is 6.04 Å². The van der Waals surface area contributed by atoms with Gasteiger partial charge in [-0.05, 0) is 42.3 Å². The lowest BCUT2D eigenvalue weighted by atomic mass is 10.1. The summed E-state index contributed by atoms with van der Waals surface area (Å²) in [7, 11) is 3.63. The first-order valence-electron chi connectivity index (χ1n) is 7.95. The predicted molar refractivity (Wildman–Crippen MR) is 95.0 cm³/mol. The topological polar surface area (TPSA) is 43.2 Å². The van der Waals surface area contributed by atoms with Gasteiger partial charge in [-0.2, -0.15) is 5.10 Å². The summed E-state index contributed by atoms with van der Waals surface area (Å²) in [5.74, 6) is 0.870. The summed E-state index contributed by atoms with van der Waals surface area (Å²) in [6.07, 6.45) is 7.59. The Labute approximate surface area is 142 Å². The summed E-state index contributed by atoms with van der Waals surface area (Å²) < 4.78 is 7.20. The number of hydrogen-bond donors (Lipinski definition) is 0. The molecule has 0 N–H and O–H groups in total. The van der Waals surface area contributed by atoms with Gasteiger partial charge in [0.05, 0.1) is 25.0 Å². The molecule has 5 nitrogen and oxygen atoms in total. The predicted octanol–water partition coefficient (Wildman–Crippen LogP) is 3.59. The minimum atomic E-state index is 0.178. The quantitative estimate of drug-likeness (QED) is 0.695. The normalized spacial score (nSPS) is 12.0. The van der Waals surface area contributed by atoms with Gasteiger partial charge in [0.2, 0.25) is 0 Å². The van der Waals surface area contributed by atoms with E-state index in [1.165, 1.54) is 11.1 Å². The van der Waals surface area contributed by atoms with Gasteiger partial charge in [-0.1, -0.05) is 12.1 Å². The van der Waals surface area contributed by atoms with E-state index < -0.39 is 0 Å². The van der Waals surface area contributed by atoms with Crippen LogP contribution >= 0.6 is 0 Å². The number of aromatic nitrogens is 3. The molecule has 2 aromatic heterocycles. The first-order valence-corrected chi connectivity index (χ1v) is 7.95. The van der Waals surface area contributed by atoms with Crippen LogP contribution in [0.25, 0.3) is 0 Å². The Balaban J connectivity index is 1.93. The molecule has 0 bridgehead atoms. The fraction of sp³-hybridized carbons (Fsp3) is 0.263. The van der Waals surface area contributed by atoms with E-state index >= 15 is 0 Å². The molecule has 0 aliphatic rings. The number of hydrogen-bond acceptors (Lipinski definition) is 4. The fourth-order valence-electron chi connectivity index (χ4n) is 2.77. The molecule has 2 heterocycles. The summed E-state index contributed by atoms with van der Waals surface area (Å²) in [5.41, 5.74) is 3.50. The lowest BCUT2D eigenvalue weighted by Gasteiger charge is -2.30. The third-order valence-electron chi connectivity index (χ3n) is 4.17. The second-order valence-corrected chi connectivity index (χ2v) is 5.81. The van der Waals surface area contributed by atoms with Crippen molar-refractivity contribution in [2.75, 3.05) is 12.0 Å². The number of anilines is 1. The van der Waals surface area contributed by atoms with Crippen molar-refractivity contribution >= 4 is 5.69 Å². The van der Waals surface area contributed by atoms with Crippen molar-refractivity contribution in [3.05, 3.63) is 72.3 Å². The van der Waals surface area contributed by atoms with Crippen molar-refractivity contribution in [2.45, 2.75) is 19.5 Å². The lowest BCUT2D eigenvalue weighted by Crippen LogP contribution is -2.26. The van der Waals surface area contributed by atoms with Crippen LogP contribution in [0.5, 0.6) is 5.75 Å². The molecule has 5 heteroatoms. The standard InChI is InChI=1S/C19H22N4O/c1-15(17-5-4-6-19(11-17)24-3)23(18-12-21-22(2)14-18)13-16-7-9-20-10-8-16/h4-12,14-15H,13H2,1-3H3/t15-/m0/s1. The second-order valence-electron chi connectivity index (χ2n) is 5.81. The van der Waals surface area contributed by atoms with Crippen LogP contribution in [0.4, 0.5) is 5.69 Å². The van der Waals surface area contributed by atoms with Crippen LogP contribution in [0.15, 0.2) is 61.2 Å². The summed E-state index contributed by atoms with van der Waals surface area (Å²) >= 11 is 0. The first kappa shape index (κ1) is 16.1. The highest BCUT2D eigenvalue weighted by atomic mass is 16.5. The van der Waals surface area contributed by atoms with Gasteiger partial charge in [-0.25, -0.2) is 0 Å². The number of benzene rings is 1. The molecular weight excluding hydrogens is 300 g/mol. The number of rotatable bonds is 6. The Morgan fingerprint density at radius 3 is 2.67 bits per heavy atom. The Morgan fingerprint density at radius 2 is 2.00 bits per heavy atom. The van der Waals surface area contributed by atoms with Crippen LogP contribution in [0.2, 0.25) is 0 Å². The van der Waals surface area contributed by atoms with Gasteiger partial charge in [-0.15, -0.1) is 0 Å². The Kier molecular flexibility index (Phi) is 4.79. The van der Waals surface area contributed by atoms with E-state index in [1.54, 1.807) is 7.11 Å². The van der Waals surface area contributed by atoms with Crippen LogP contribution in [0.3, 0.4) is 0 Å². The molecule has 0 radical (unpaired) electrons. The molecule has 1 atom stereocenters. The number of pyridine rings is 1. The molecule has 0 fully saturated rings. The number of nitrogens with zero attached hydrogens (tertiary/aromatic N) is 4. The maximum absolute atomic E-state index is 5.37. The van der Waals surface area contributed by atoms with E-state index in [9.17, 15) is 0 Å². The monoisotopic (exact) mass is 322 g/mol. The molecule has 0 amide bonds. The zero-order valence-corrected chi connectivity index (χ0v) is 14.3. The van der Waals surface area contributed by atoms with Gasteiger partial charge in [0.25, 0.3) is 0 Å². The van der Waals surface area contributed by atoms with Crippen LogP contribution in [-0.4, -0.2) is 21.9 Å². The third-order valence-corrected chi connectivity index (χ3v) is 4.17. The van der Waals surface area contributed by atoms with E-state index in [4.69, 9.17) is 4.74 Å². The van der Waals surface area contributed by atoms with E-state index in [2.05, 4.69) is 34.0 Å². The van der Waals surface area contributed by atoms with E-state index in [0.717, 1.165) is 18.0 Å². The highest BCUT2D eigenvalue weighted by molar-refractivity contribution is 5.47. The molecule has 0 saturated heterocycles. The average molecular weight is 322 g/mol. The Bertz CT molecular complexity index is 785. The maximum Gasteiger partial charge on any atom is 0.119 e. The lowest BCUT2D eigenvalue weighted by molar-refractivity contribution is 0.413. The highest BCUT2D eigenvalue weighted by Gasteiger charge is 2.18. The van der Waals surface area contributed by atoms with Crippen molar-refractivity contribution in [3.63, 3.8) is 0 Å². The van der Waals surface area contributed by atoms with Crippen LogP contribution < -0.4 is 9.64 Å². The zero-order chi connectivity index (χ0) is 16.9. The molecule has 3 rings (SSSR count). The number of aryl methyl sites for hydroxylation is 1. The largest absolute Gasteiger partial charge is 0.497 e. The van der Waals surface area contributed by atoms with Gasteiger partial charge in [0.1, 0.15) is 5.75 Å². The summed E-state index contributed by atoms with van der Waals surface area (Å²) in [6.45, 7) is 2.98. The van der Waals surface area contributed by atoms with Crippen LogP contribution in [-0.2, 0) is 13.6 Å². The summed E-state index contributed by atoms with van der Waals surface area (Å²) in [4.78, 5) is 6.43. The Morgan fingerprint density at radius 1 is 1.21 bits per heavy atom. The second kappa shape index (κ2) is 7.17. The molecular formula is C19H22N4O. The fourth-order valence-corrected chi connectivity index (χ4v) is 2.77. The number of ether oxygens (including phenoxy) is 1. The van der Waals surface area contributed by atoms with E-state index in [0.29, 0.717) is 0 Å². The van der Waals surface area contributed by atoms with Crippen LogP contribution in [0, 0.1) is 0 Å². The smallest absolute Gasteiger partial charge is 0.119 e. The van der Waals surface area contributed by atoms with E-state index in [1.807, 2.05) is 60.8 Å². The Hall–Kier alpha value is -2.82. The molecule has 24 heavy (non-hydrogen) atoms. The SMILES string of the molecule is COc1cccc([C@H](C)N(Cc2ccncc2)c2cnn(C)c2)c1. The van der Waals surface area contributed by atoms with Crippen molar-refractivity contribution in [2.24, 2.45) is 7.05 Å². The molecule has 0 aliphatic carbocycles.